The van der Waals surface area contributed by atoms with Crippen molar-refractivity contribution in [3.8, 4) is 0 Å². The normalized spacial score (nSPS) is 19.2. The van der Waals surface area contributed by atoms with Gasteiger partial charge in [0.15, 0.2) is 0 Å². The van der Waals surface area contributed by atoms with Gasteiger partial charge >= 0.3 is 0 Å². The molecule has 1 unspecified atom stereocenters. The molecular formula is C13H21NO2. The topological polar surface area (TPSA) is 34.4 Å². The summed E-state index contributed by atoms with van der Waals surface area (Å²) in [5.74, 6) is 1.94. The number of aryl methyl sites for hydroxylation is 2. The van der Waals surface area contributed by atoms with E-state index in [1.54, 1.807) is 0 Å². The van der Waals surface area contributed by atoms with Crippen molar-refractivity contribution in [2.75, 3.05) is 0 Å². The van der Waals surface area contributed by atoms with Gasteiger partial charge in [-0.1, -0.05) is 12.8 Å². The summed E-state index contributed by atoms with van der Waals surface area (Å²) >= 11 is 0. The Labute approximate surface area is 97.1 Å². The van der Waals surface area contributed by atoms with E-state index in [0.29, 0.717) is 6.10 Å². The van der Waals surface area contributed by atoms with Gasteiger partial charge in [0.05, 0.1) is 12.1 Å². The predicted molar refractivity (Wildman–Crippen MR) is 63.1 cm³/mol. The van der Waals surface area contributed by atoms with E-state index >= 15 is 0 Å². The highest BCUT2D eigenvalue weighted by molar-refractivity contribution is 5.23. The van der Waals surface area contributed by atoms with Crippen LogP contribution in [0.2, 0.25) is 0 Å². The van der Waals surface area contributed by atoms with Crippen LogP contribution in [-0.4, -0.2) is 6.10 Å². The Kier molecular flexibility index (Phi) is 3.66. The van der Waals surface area contributed by atoms with Gasteiger partial charge in [-0.25, -0.2) is 0 Å². The first-order valence-corrected chi connectivity index (χ1v) is 6.15. The Bertz CT molecular complexity index is 340. The summed E-state index contributed by atoms with van der Waals surface area (Å²) < 4.78 is 5.51. The molecule has 0 radical (unpaired) electrons. The summed E-state index contributed by atoms with van der Waals surface area (Å²) in [5.41, 5.74) is 4.33. The molecule has 16 heavy (non-hydrogen) atoms. The Hall–Kier alpha value is -0.800. The molecule has 1 aliphatic rings. The van der Waals surface area contributed by atoms with Gasteiger partial charge in [0.25, 0.3) is 0 Å². The SMILES string of the molecule is Cc1cc(C(C)NOC2CCCC2)c(C)o1. The third-order valence-corrected chi connectivity index (χ3v) is 3.26. The molecule has 3 nitrogen and oxygen atoms in total. The first-order valence-electron chi connectivity index (χ1n) is 6.15. The molecule has 0 spiro atoms. The van der Waals surface area contributed by atoms with E-state index in [1.807, 2.05) is 13.8 Å². The van der Waals surface area contributed by atoms with Gasteiger partial charge in [0, 0.05) is 5.56 Å². The molecular weight excluding hydrogens is 202 g/mol. The van der Waals surface area contributed by atoms with Gasteiger partial charge in [-0.2, -0.15) is 5.48 Å². The van der Waals surface area contributed by atoms with Crippen LogP contribution in [0.25, 0.3) is 0 Å². The zero-order valence-electron chi connectivity index (χ0n) is 10.4. The van der Waals surface area contributed by atoms with Crippen molar-refractivity contribution in [3.63, 3.8) is 0 Å². The van der Waals surface area contributed by atoms with Gasteiger partial charge < -0.3 is 4.42 Å². The van der Waals surface area contributed by atoms with Gasteiger partial charge in [0.1, 0.15) is 11.5 Å². The van der Waals surface area contributed by atoms with E-state index in [2.05, 4.69) is 18.5 Å². The van der Waals surface area contributed by atoms with Crippen molar-refractivity contribution in [2.24, 2.45) is 0 Å². The highest BCUT2D eigenvalue weighted by Crippen LogP contribution is 2.24. The van der Waals surface area contributed by atoms with Crippen molar-refractivity contribution in [3.05, 3.63) is 23.2 Å². The van der Waals surface area contributed by atoms with E-state index < -0.39 is 0 Å². The second-order valence-electron chi connectivity index (χ2n) is 4.73. The summed E-state index contributed by atoms with van der Waals surface area (Å²) in [6, 6.07) is 2.27. The number of nitrogens with one attached hydrogen (secondary N) is 1. The average molecular weight is 223 g/mol. The zero-order chi connectivity index (χ0) is 11.5. The molecule has 1 N–H and O–H groups in total. The Morgan fingerprint density at radius 3 is 2.62 bits per heavy atom. The molecule has 1 saturated carbocycles. The van der Waals surface area contributed by atoms with Crippen LogP contribution >= 0.6 is 0 Å². The summed E-state index contributed by atoms with van der Waals surface area (Å²) in [5, 5.41) is 0. The van der Waals surface area contributed by atoms with Gasteiger partial charge in [-0.05, 0) is 39.7 Å². The van der Waals surface area contributed by atoms with Crippen molar-refractivity contribution in [1.82, 2.24) is 5.48 Å². The van der Waals surface area contributed by atoms with Crippen LogP contribution in [0.5, 0.6) is 0 Å². The van der Waals surface area contributed by atoms with E-state index in [0.717, 1.165) is 11.5 Å². The maximum atomic E-state index is 5.69. The van der Waals surface area contributed by atoms with Gasteiger partial charge in [-0.15, -0.1) is 0 Å². The minimum Gasteiger partial charge on any atom is -0.466 e. The van der Waals surface area contributed by atoms with E-state index in [9.17, 15) is 0 Å². The largest absolute Gasteiger partial charge is 0.466 e. The lowest BCUT2D eigenvalue weighted by Crippen LogP contribution is -2.24. The second kappa shape index (κ2) is 5.02. The molecule has 0 bridgehead atoms. The minimum absolute atomic E-state index is 0.193. The lowest BCUT2D eigenvalue weighted by Gasteiger charge is -2.17. The number of furan rings is 1. The van der Waals surface area contributed by atoms with Crippen molar-refractivity contribution >= 4 is 0 Å². The van der Waals surface area contributed by atoms with E-state index in [4.69, 9.17) is 9.25 Å². The molecule has 1 heterocycles. The van der Waals surface area contributed by atoms with Gasteiger partial charge in [0.2, 0.25) is 0 Å². The zero-order valence-corrected chi connectivity index (χ0v) is 10.4. The van der Waals surface area contributed by atoms with Gasteiger partial charge in [-0.3, -0.25) is 4.84 Å². The number of hydrogen-bond acceptors (Lipinski definition) is 3. The third-order valence-electron chi connectivity index (χ3n) is 3.26. The first kappa shape index (κ1) is 11.7. The number of hydroxylamine groups is 1. The number of hydrogen-bond donors (Lipinski definition) is 1. The molecule has 1 atom stereocenters. The van der Waals surface area contributed by atoms with Crippen LogP contribution in [0.15, 0.2) is 10.5 Å². The second-order valence-corrected chi connectivity index (χ2v) is 4.73. The Balaban J connectivity index is 1.87. The Morgan fingerprint density at radius 1 is 1.38 bits per heavy atom. The fourth-order valence-electron chi connectivity index (χ4n) is 2.35. The summed E-state index contributed by atoms with van der Waals surface area (Å²) in [6.45, 7) is 6.07. The van der Waals surface area contributed by atoms with E-state index in [1.165, 1.54) is 31.2 Å². The third kappa shape index (κ3) is 2.66. The van der Waals surface area contributed by atoms with Crippen LogP contribution in [0.3, 0.4) is 0 Å². The van der Waals surface area contributed by atoms with E-state index in [-0.39, 0.29) is 6.04 Å². The molecule has 0 aromatic carbocycles. The molecule has 0 amide bonds. The highest BCUT2D eigenvalue weighted by Gasteiger charge is 2.18. The molecule has 1 aromatic rings. The molecule has 0 aliphatic heterocycles. The predicted octanol–water partition coefficient (Wildman–Crippen LogP) is 3.42. The summed E-state index contributed by atoms with van der Waals surface area (Å²) in [7, 11) is 0. The molecule has 1 fully saturated rings. The van der Waals surface area contributed by atoms with Crippen LogP contribution in [-0.2, 0) is 4.84 Å². The maximum Gasteiger partial charge on any atom is 0.105 e. The molecule has 1 aliphatic carbocycles. The fourth-order valence-corrected chi connectivity index (χ4v) is 2.35. The lowest BCUT2D eigenvalue weighted by atomic mass is 10.1. The summed E-state index contributed by atoms with van der Waals surface area (Å²) in [4.78, 5) is 5.69. The van der Waals surface area contributed by atoms with Crippen LogP contribution in [0.1, 0.15) is 55.7 Å². The van der Waals surface area contributed by atoms with Crippen molar-refractivity contribution < 1.29 is 9.25 Å². The van der Waals surface area contributed by atoms with Crippen molar-refractivity contribution in [1.29, 1.82) is 0 Å². The Morgan fingerprint density at radius 2 is 2.06 bits per heavy atom. The van der Waals surface area contributed by atoms with Crippen LogP contribution in [0.4, 0.5) is 0 Å². The fraction of sp³-hybridized carbons (Fsp3) is 0.692. The summed E-state index contributed by atoms with van der Waals surface area (Å²) in [6.07, 6.45) is 5.36. The van der Waals surface area contributed by atoms with Crippen molar-refractivity contribution in [2.45, 2.75) is 58.6 Å². The maximum absolute atomic E-state index is 5.69. The minimum atomic E-state index is 0.193. The lowest BCUT2D eigenvalue weighted by molar-refractivity contribution is -0.0378. The molecule has 1 aromatic heterocycles. The first-order chi connectivity index (χ1) is 7.66. The van der Waals surface area contributed by atoms with Crippen LogP contribution in [0, 0.1) is 13.8 Å². The van der Waals surface area contributed by atoms with Crippen LogP contribution < -0.4 is 5.48 Å². The highest BCUT2D eigenvalue weighted by atomic mass is 16.7. The smallest absolute Gasteiger partial charge is 0.105 e. The molecule has 2 rings (SSSR count). The quantitative estimate of drug-likeness (QED) is 0.794. The monoisotopic (exact) mass is 223 g/mol. The average Bonchev–Trinajstić information content (AvgIpc) is 2.84. The molecule has 90 valence electrons. The standard InChI is InChI=1S/C13H21NO2/c1-9-8-13(11(3)15-9)10(2)14-16-12-6-4-5-7-12/h8,10,12,14H,4-7H2,1-3H3. The molecule has 3 heteroatoms. The number of rotatable bonds is 4. The molecule has 0 saturated heterocycles.